The Hall–Kier alpha value is -1.10. The fourth-order valence-corrected chi connectivity index (χ4v) is 4.62. The van der Waals surface area contributed by atoms with E-state index in [0.717, 1.165) is 44.4 Å². The minimum absolute atomic E-state index is 0.0593. The average Bonchev–Trinajstić information content (AvgIpc) is 2.88. The number of aliphatic hydroxyl groups excluding tert-OH is 1. The third-order valence-corrected chi connectivity index (χ3v) is 7.08. The van der Waals surface area contributed by atoms with Crippen LogP contribution in [0.3, 0.4) is 0 Å². The standard InChI is InChI=1S/C32H62O5/c1-4-5-6-7-8-12-16-19-22-25-31(34)36-28-30(27-33)37-32(35)26-23-20-17-14-11-9-10-13-15-18-21-24-29(2)3/h29-30,33H,4-28H2,1-3H3/t30-/m0/s1. The molecule has 0 aromatic heterocycles. The Morgan fingerprint density at radius 3 is 1.43 bits per heavy atom. The Bertz CT molecular complexity index is 505. The minimum Gasteiger partial charge on any atom is -0.462 e. The van der Waals surface area contributed by atoms with Gasteiger partial charge in [-0.2, -0.15) is 0 Å². The molecule has 1 N–H and O–H groups in total. The quantitative estimate of drug-likeness (QED) is 0.0813. The van der Waals surface area contributed by atoms with E-state index in [-0.39, 0.29) is 25.2 Å². The lowest BCUT2D eigenvalue weighted by molar-refractivity contribution is -0.161. The molecule has 0 radical (unpaired) electrons. The lowest BCUT2D eigenvalue weighted by atomic mass is 10.0. The summed E-state index contributed by atoms with van der Waals surface area (Å²) >= 11 is 0. The van der Waals surface area contributed by atoms with Crippen LogP contribution in [-0.2, 0) is 19.1 Å². The Kier molecular flexibility index (Phi) is 27.1. The number of ether oxygens (including phenoxy) is 2. The van der Waals surface area contributed by atoms with Crippen LogP contribution in [0.2, 0.25) is 0 Å². The van der Waals surface area contributed by atoms with Gasteiger partial charge in [0.05, 0.1) is 6.61 Å². The van der Waals surface area contributed by atoms with E-state index in [1.54, 1.807) is 0 Å². The number of esters is 2. The van der Waals surface area contributed by atoms with Gasteiger partial charge in [0.1, 0.15) is 6.61 Å². The lowest BCUT2D eigenvalue weighted by Gasteiger charge is -2.15. The first-order valence-corrected chi connectivity index (χ1v) is 16.0. The van der Waals surface area contributed by atoms with Crippen molar-refractivity contribution in [3.05, 3.63) is 0 Å². The Labute approximate surface area is 229 Å². The molecule has 0 rings (SSSR count). The number of aliphatic hydroxyl groups is 1. The van der Waals surface area contributed by atoms with Gasteiger partial charge in [0.25, 0.3) is 0 Å². The van der Waals surface area contributed by atoms with Crippen LogP contribution in [-0.4, -0.2) is 36.4 Å². The monoisotopic (exact) mass is 526 g/mol. The van der Waals surface area contributed by atoms with Gasteiger partial charge in [0, 0.05) is 12.8 Å². The first-order valence-electron chi connectivity index (χ1n) is 16.0. The van der Waals surface area contributed by atoms with Crippen LogP contribution in [0, 0.1) is 5.92 Å². The molecular formula is C32H62O5. The number of unbranched alkanes of at least 4 members (excludes halogenated alkanes) is 18. The zero-order valence-electron chi connectivity index (χ0n) is 24.9. The molecule has 0 aromatic rings. The SMILES string of the molecule is CCCCCCCCCCCC(=O)OC[C@H](CO)OC(=O)CCCCCCCCCCCCCC(C)C. The van der Waals surface area contributed by atoms with Crippen molar-refractivity contribution in [2.24, 2.45) is 5.92 Å². The second-order valence-corrected chi connectivity index (χ2v) is 11.4. The highest BCUT2D eigenvalue weighted by molar-refractivity contribution is 5.70. The summed E-state index contributed by atoms with van der Waals surface area (Å²) in [7, 11) is 0. The molecule has 220 valence electrons. The molecule has 0 aliphatic heterocycles. The summed E-state index contributed by atoms with van der Waals surface area (Å²) in [6.07, 6.45) is 25.8. The number of carbonyl (C=O) groups excluding carboxylic acids is 2. The lowest BCUT2D eigenvalue weighted by Crippen LogP contribution is -2.28. The Morgan fingerprint density at radius 1 is 0.595 bits per heavy atom. The van der Waals surface area contributed by atoms with Gasteiger partial charge in [0.2, 0.25) is 0 Å². The summed E-state index contributed by atoms with van der Waals surface area (Å²) in [6, 6.07) is 0. The summed E-state index contributed by atoms with van der Waals surface area (Å²) in [5.41, 5.74) is 0. The zero-order valence-corrected chi connectivity index (χ0v) is 24.9. The highest BCUT2D eigenvalue weighted by Gasteiger charge is 2.16. The van der Waals surface area contributed by atoms with Crippen molar-refractivity contribution in [2.75, 3.05) is 13.2 Å². The molecule has 0 aliphatic carbocycles. The predicted molar refractivity (Wildman–Crippen MR) is 155 cm³/mol. The highest BCUT2D eigenvalue weighted by Crippen LogP contribution is 2.15. The maximum Gasteiger partial charge on any atom is 0.306 e. The molecule has 5 nitrogen and oxygen atoms in total. The molecule has 0 saturated carbocycles. The summed E-state index contributed by atoms with van der Waals surface area (Å²) < 4.78 is 10.5. The molecule has 1 atom stereocenters. The molecule has 5 heteroatoms. The van der Waals surface area contributed by atoms with Gasteiger partial charge in [-0.05, 0) is 18.8 Å². The van der Waals surface area contributed by atoms with Crippen molar-refractivity contribution >= 4 is 11.9 Å². The van der Waals surface area contributed by atoms with Gasteiger partial charge < -0.3 is 14.6 Å². The first-order chi connectivity index (χ1) is 18.0. The predicted octanol–water partition coefficient (Wildman–Crippen LogP) is 9.08. The van der Waals surface area contributed by atoms with Crippen LogP contribution in [0.1, 0.15) is 168 Å². The maximum absolute atomic E-state index is 12.1. The van der Waals surface area contributed by atoms with Crippen LogP contribution in [0.5, 0.6) is 0 Å². The summed E-state index contributed by atoms with van der Waals surface area (Å²) in [6.45, 7) is 6.44. The zero-order chi connectivity index (χ0) is 27.4. The van der Waals surface area contributed by atoms with Crippen LogP contribution in [0.15, 0.2) is 0 Å². The van der Waals surface area contributed by atoms with Crippen LogP contribution < -0.4 is 0 Å². The largest absolute Gasteiger partial charge is 0.462 e. The molecule has 0 aromatic carbocycles. The van der Waals surface area contributed by atoms with E-state index in [9.17, 15) is 14.7 Å². The molecule has 0 unspecified atom stereocenters. The molecule has 0 amide bonds. The third-order valence-electron chi connectivity index (χ3n) is 7.08. The van der Waals surface area contributed by atoms with Crippen molar-refractivity contribution < 1.29 is 24.2 Å². The van der Waals surface area contributed by atoms with Crippen molar-refractivity contribution in [2.45, 2.75) is 175 Å². The van der Waals surface area contributed by atoms with E-state index in [2.05, 4.69) is 20.8 Å². The van der Waals surface area contributed by atoms with Crippen molar-refractivity contribution in [1.82, 2.24) is 0 Å². The minimum atomic E-state index is -0.759. The Balaban J connectivity index is 3.55. The van der Waals surface area contributed by atoms with Crippen LogP contribution in [0.25, 0.3) is 0 Å². The second-order valence-electron chi connectivity index (χ2n) is 11.4. The van der Waals surface area contributed by atoms with Gasteiger partial charge in [-0.1, -0.05) is 143 Å². The van der Waals surface area contributed by atoms with Gasteiger partial charge in [0.15, 0.2) is 6.10 Å². The Morgan fingerprint density at radius 2 is 1.00 bits per heavy atom. The number of rotatable bonds is 28. The second kappa shape index (κ2) is 27.9. The molecule has 37 heavy (non-hydrogen) atoms. The normalized spacial score (nSPS) is 12.1. The number of carbonyl (C=O) groups is 2. The third kappa shape index (κ3) is 27.7. The molecule has 0 bridgehead atoms. The van der Waals surface area contributed by atoms with E-state index in [1.165, 1.54) is 96.3 Å². The van der Waals surface area contributed by atoms with E-state index < -0.39 is 6.10 Å². The summed E-state index contributed by atoms with van der Waals surface area (Å²) in [5, 5.41) is 9.46. The van der Waals surface area contributed by atoms with Crippen molar-refractivity contribution in [3.63, 3.8) is 0 Å². The van der Waals surface area contributed by atoms with E-state index in [4.69, 9.17) is 9.47 Å². The maximum atomic E-state index is 12.1. The molecule has 0 heterocycles. The molecular weight excluding hydrogens is 464 g/mol. The molecule has 0 aliphatic rings. The van der Waals surface area contributed by atoms with Gasteiger partial charge >= 0.3 is 11.9 Å². The van der Waals surface area contributed by atoms with E-state index in [1.807, 2.05) is 0 Å². The van der Waals surface area contributed by atoms with Crippen LogP contribution in [0.4, 0.5) is 0 Å². The highest BCUT2D eigenvalue weighted by atomic mass is 16.6. The van der Waals surface area contributed by atoms with Crippen molar-refractivity contribution in [1.29, 1.82) is 0 Å². The number of hydrogen-bond acceptors (Lipinski definition) is 5. The van der Waals surface area contributed by atoms with E-state index >= 15 is 0 Å². The van der Waals surface area contributed by atoms with E-state index in [0.29, 0.717) is 12.8 Å². The first kappa shape index (κ1) is 35.9. The smallest absolute Gasteiger partial charge is 0.306 e. The topological polar surface area (TPSA) is 72.8 Å². The van der Waals surface area contributed by atoms with Gasteiger partial charge in [-0.25, -0.2) is 0 Å². The van der Waals surface area contributed by atoms with Gasteiger partial charge in [-0.15, -0.1) is 0 Å². The molecule has 0 saturated heterocycles. The summed E-state index contributed by atoms with van der Waals surface area (Å²) in [4.78, 5) is 24.0. The van der Waals surface area contributed by atoms with Crippen molar-refractivity contribution in [3.8, 4) is 0 Å². The fraction of sp³-hybridized carbons (Fsp3) is 0.938. The summed E-state index contributed by atoms with van der Waals surface area (Å²) in [5.74, 6) is 0.247. The number of hydrogen-bond donors (Lipinski definition) is 1. The van der Waals surface area contributed by atoms with Gasteiger partial charge in [-0.3, -0.25) is 9.59 Å². The molecule has 0 spiro atoms. The van der Waals surface area contributed by atoms with Crippen LogP contribution >= 0.6 is 0 Å². The fourth-order valence-electron chi connectivity index (χ4n) is 4.62. The average molecular weight is 527 g/mol. The molecule has 0 fully saturated rings.